The molecular weight excluding hydrogens is 360 g/mol. The fourth-order valence-corrected chi connectivity index (χ4v) is 3.04. The van der Waals surface area contributed by atoms with Crippen LogP contribution in [0.3, 0.4) is 0 Å². The molecule has 1 unspecified atom stereocenters. The molecule has 6 nitrogen and oxygen atoms in total. The summed E-state index contributed by atoms with van der Waals surface area (Å²) in [5.74, 6) is -1.02. The Hall–Kier alpha value is -2.70. The Kier molecular flexibility index (Phi) is 5.82. The van der Waals surface area contributed by atoms with Crippen LogP contribution in [0, 0.1) is 13.8 Å². The van der Waals surface area contributed by atoms with Crippen LogP contribution in [0.5, 0.6) is 0 Å². The summed E-state index contributed by atoms with van der Waals surface area (Å²) in [5.41, 5.74) is 1.75. The minimum absolute atomic E-state index is 0.107. The molecule has 0 amide bonds. The summed E-state index contributed by atoms with van der Waals surface area (Å²) in [7, 11) is 0. The van der Waals surface area contributed by atoms with Crippen LogP contribution in [-0.2, 0) is 14.2 Å². The summed E-state index contributed by atoms with van der Waals surface area (Å²) in [4.78, 5) is 24.7. The van der Waals surface area contributed by atoms with Gasteiger partial charge in [0.1, 0.15) is 18.3 Å². The molecule has 1 heterocycles. The molecule has 3 atom stereocenters. The van der Waals surface area contributed by atoms with E-state index in [1.165, 1.54) is 0 Å². The van der Waals surface area contributed by atoms with Crippen LogP contribution in [0.25, 0.3) is 0 Å². The Morgan fingerprint density at radius 1 is 1.00 bits per heavy atom. The number of carbonyl (C=O) groups is 2. The number of aliphatic hydroxyl groups excluding tert-OH is 1. The lowest BCUT2D eigenvalue weighted by atomic mass is 10.00. The second-order valence-corrected chi connectivity index (χ2v) is 7.32. The lowest BCUT2D eigenvalue weighted by Crippen LogP contribution is -2.44. The van der Waals surface area contributed by atoms with Crippen molar-refractivity contribution in [1.82, 2.24) is 0 Å². The van der Waals surface area contributed by atoms with Gasteiger partial charge in [0.15, 0.2) is 6.29 Å². The molecule has 6 heteroatoms. The number of rotatable bonds is 5. The third-order valence-corrected chi connectivity index (χ3v) is 4.82. The van der Waals surface area contributed by atoms with Gasteiger partial charge in [0.25, 0.3) is 0 Å². The maximum absolute atomic E-state index is 12.4. The van der Waals surface area contributed by atoms with Gasteiger partial charge in [0.05, 0.1) is 11.1 Å². The van der Waals surface area contributed by atoms with Crippen molar-refractivity contribution < 1.29 is 28.9 Å². The van der Waals surface area contributed by atoms with Crippen molar-refractivity contribution in [2.24, 2.45) is 0 Å². The number of ether oxygens (including phenoxy) is 3. The SMILES string of the molecule is Cc1ccc(C(=O)OC[C@@]2(C)OC(O)C[C@@H]2OC(=O)c2ccc(C)cc2)cc1. The van der Waals surface area contributed by atoms with Crippen molar-refractivity contribution in [3.63, 3.8) is 0 Å². The summed E-state index contributed by atoms with van der Waals surface area (Å²) < 4.78 is 16.5. The lowest BCUT2D eigenvalue weighted by Gasteiger charge is -2.29. The highest BCUT2D eigenvalue weighted by Gasteiger charge is 2.48. The van der Waals surface area contributed by atoms with E-state index in [1.807, 2.05) is 38.1 Å². The zero-order valence-electron chi connectivity index (χ0n) is 16.2. The number of hydrogen-bond acceptors (Lipinski definition) is 6. The first-order valence-electron chi connectivity index (χ1n) is 9.14. The minimum Gasteiger partial charge on any atom is -0.459 e. The zero-order valence-corrected chi connectivity index (χ0v) is 16.2. The predicted molar refractivity (Wildman–Crippen MR) is 102 cm³/mol. The molecule has 2 aromatic carbocycles. The van der Waals surface area contributed by atoms with Crippen molar-refractivity contribution in [3.8, 4) is 0 Å². The van der Waals surface area contributed by atoms with E-state index in [0.717, 1.165) is 11.1 Å². The highest BCUT2D eigenvalue weighted by molar-refractivity contribution is 5.90. The van der Waals surface area contributed by atoms with Crippen LogP contribution in [0.2, 0.25) is 0 Å². The van der Waals surface area contributed by atoms with E-state index in [1.54, 1.807) is 31.2 Å². The van der Waals surface area contributed by atoms with Gasteiger partial charge in [0.2, 0.25) is 0 Å². The van der Waals surface area contributed by atoms with E-state index in [4.69, 9.17) is 14.2 Å². The maximum atomic E-state index is 12.4. The molecule has 0 bridgehead atoms. The van der Waals surface area contributed by atoms with E-state index in [2.05, 4.69) is 0 Å². The van der Waals surface area contributed by atoms with E-state index in [9.17, 15) is 14.7 Å². The third-order valence-electron chi connectivity index (χ3n) is 4.82. The smallest absolute Gasteiger partial charge is 0.338 e. The summed E-state index contributed by atoms with van der Waals surface area (Å²) in [6.45, 7) is 5.36. The van der Waals surface area contributed by atoms with Gasteiger partial charge >= 0.3 is 11.9 Å². The first-order valence-corrected chi connectivity index (χ1v) is 9.14. The van der Waals surface area contributed by atoms with Gasteiger partial charge in [-0.25, -0.2) is 9.59 Å². The number of esters is 2. The Labute approximate surface area is 164 Å². The first kappa shape index (κ1) is 20.0. The van der Waals surface area contributed by atoms with Crippen LogP contribution in [-0.4, -0.2) is 41.6 Å². The van der Waals surface area contributed by atoms with Gasteiger partial charge in [-0.3, -0.25) is 0 Å². The summed E-state index contributed by atoms with van der Waals surface area (Å²) in [5, 5.41) is 9.91. The number of benzene rings is 2. The summed E-state index contributed by atoms with van der Waals surface area (Å²) >= 11 is 0. The van der Waals surface area contributed by atoms with E-state index in [-0.39, 0.29) is 13.0 Å². The fourth-order valence-electron chi connectivity index (χ4n) is 3.04. The first-order chi connectivity index (χ1) is 13.3. The largest absolute Gasteiger partial charge is 0.459 e. The van der Waals surface area contributed by atoms with Gasteiger partial charge in [-0.2, -0.15) is 0 Å². The molecule has 0 aromatic heterocycles. The van der Waals surface area contributed by atoms with Gasteiger partial charge < -0.3 is 19.3 Å². The zero-order chi connectivity index (χ0) is 20.3. The number of aliphatic hydroxyl groups is 1. The van der Waals surface area contributed by atoms with Crippen molar-refractivity contribution in [2.45, 2.75) is 45.2 Å². The van der Waals surface area contributed by atoms with Crippen LogP contribution in [0.4, 0.5) is 0 Å². The Bertz CT molecular complexity index is 842. The second kappa shape index (κ2) is 8.12. The van der Waals surface area contributed by atoms with Gasteiger partial charge in [0, 0.05) is 6.42 Å². The van der Waals surface area contributed by atoms with E-state index < -0.39 is 29.9 Å². The third kappa shape index (κ3) is 4.58. The highest BCUT2D eigenvalue weighted by Crippen LogP contribution is 2.33. The predicted octanol–water partition coefficient (Wildman–Crippen LogP) is 3.18. The number of hydrogen-bond donors (Lipinski definition) is 1. The monoisotopic (exact) mass is 384 g/mol. The molecular formula is C22H24O6. The molecule has 1 fully saturated rings. The second-order valence-electron chi connectivity index (χ2n) is 7.32. The average Bonchev–Trinajstić information content (AvgIpc) is 2.94. The molecule has 2 aromatic rings. The van der Waals surface area contributed by atoms with Crippen molar-refractivity contribution in [3.05, 3.63) is 70.8 Å². The molecule has 3 rings (SSSR count). The molecule has 1 aliphatic heterocycles. The summed E-state index contributed by atoms with van der Waals surface area (Å²) in [6, 6.07) is 14.0. The van der Waals surface area contributed by atoms with Crippen LogP contribution in [0.1, 0.15) is 45.2 Å². The Morgan fingerprint density at radius 2 is 1.50 bits per heavy atom. The van der Waals surface area contributed by atoms with Crippen molar-refractivity contribution in [1.29, 1.82) is 0 Å². The quantitative estimate of drug-likeness (QED) is 0.798. The van der Waals surface area contributed by atoms with Crippen molar-refractivity contribution in [2.75, 3.05) is 6.61 Å². The number of carbonyl (C=O) groups excluding carboxylic acids is 2. The van der Waals surface area contributed by atoms with Gasteiger partial charge in [-0.05, 0) is 45.0 Å². The molecule has 28 heavy (non-hydrogen) atoms. The number of aryl methyl sites for hydroxylation is 2. The topological polar surface area (TPSA) is 82.1 Å². The highest BCUT2D eigenvalue weighted by atomic mass is 16.7. The normalized spacial score (nSPS) is 24.0. The molecule has 0 spiro atoms. The molecule has 0 aliphatic carbocycles. The Morgan fingerprint density at radius 3 is 2.04 bits per heavy atom. The van der Waals surface area contributed by atoms with Crippen molar-refractivity contribution >= 4 is 11.9 Å². The molecule has 1 aliphatic rings. The molecule has 0 saturated carbocycles. The summed E-state index contributed by atoms with van der Waals surface area (Å²) in [6.07, 6.45) is -1.74. The molecule has 1 N–H and O–H groups in total. The van der Waals surface area contributed by atoms with Gasteiger partial charge in [-0.1, -0.05) is 35.4 Å². The minimum atomic E-state index is -1.14. The molecule has 1 saturated heterocycles. The van der Waals surface area contributed by atoms with Gasteiger partial charge in [-0.15, -0.1) is 0 Å². The van der Waals surface area contributed by atoms with E-state index >= 15 is 0 Å². The molecule has 0 radical (unpaired) electrons. The van der Waals surface area contributed by atoms with E-state index in [0.29, 0.717) is 11.1 Å². The lowest BCUT2D eigenvalue weighted by molar-refractivity contribution is -0.159. The average molecular weight is 384 g/mol. The van der Waals surface area contributed by atoms with Crippen LogP contribution in [0.15, 0.2) is 48.5 Å². The standard InChI is InChI=1S/C22H24O6/c1-14-4-8-16(9-5-14)20(24)26-13-22(3)18(12-19(23)28-22)27-21(25)17-10-6-15(2)7-11-17/h4-11,18-19,23H,12-13H2,1-3H3/t18-,19?,22+/m0/s1. The molecule has 148 valence electrons. The van der Waals surface area contributed by atoms with Crippen LogP contribution < -0.4 is 0 Å². The Balaban J connectivity index is 1.65. The van der Waals surface area contributed by atoms with Crippen LogP contribution >= 0.6 is 0 Å². The fraction of sp³-hybridized carbons (Fsp3) is 0.364. The maximum Gasteiger partial charge on any atom is 0.338 e.